The van der Waals surface area contributed by atoms with Crippen LogP contribution < -0.4 is 14.2 Å². The van der Waals surface area contributed by atoms with Gasteiger partial charge in [0.05, 0.1) is 13.2 Å². The highest BCUT2D eigenvalue weighted by atomic mass is 16.5. The van der Waals surface area contributed by atoms with Crippen LogP contribution in [0.3, 0.4) is 0 Å². The Balaban J connectivity index is 1.48. The summed E-state index contributed by atoms with van der Waals surface area (Å²) in [5.41, 5.74) is 2.48. The molecule has 0 radical (unpaired) electrons. The van der Waals surface area contributed by atoms with Gasteiger partial charge in [0.15, 0.2) is 11.5 Å². The maximum absolute atomic E-state index is 6.20. The lowest BCUT2D eigenvalue weighted by atomic mass is 10.2. The van der Waals surface area contributed by atoms with Crippen LogP contribution in [0.1, 0.15) is 11.1 Å². The minimum absolute atomic E-state index is 0.558. The molecule has 3 nitrogen and oxygen atoms in total. The molecule has 0 amide bonds. The van der Waals surface area contributed by atoms with E-state index in [1.807, 2.05) is 84.9 Å². The van der Waals surface area contributed by atoms with Crippen molar-refractivity contribution in [3.05, 3.63) is 120 Å². The van der Waals surface area contributed by atoms with E-state index in [9.17, 15) is 0 Å². The van der Waals surface area contributed by atoms with Crippen LogP contribution >= 0.6 is 0 Å². The van der Waals surface area contributed by atoms with Crippen molar-refractivity contribution in [2.75, 3.05) is 13.2 Å². The summed E-state index contributed by atoms with van der Waals surface area (Å²) < 4.78 is 18.4. The molecule has 4 aromatic rings. The van der Waals surface area contributed by atoms with Gasteiger partial charge >= 0.3 is 0 Å². The summed E-state index contributed by atoms with van der Waals surface area (Å²) in [6.45, 7) is 1.12. The van der Waals surface area contributed by atoms with E-state index < -0.39 is 0 Å². The molecular formula is C28H26O3. The third-order valence-electron chi connectivity index (χ3n) is 4.89. The predicted octanol–water partition coefficient (Wildman–Crippen LogP) is 6.72. The normalized spacial score (nSPS) is 10.5. The molecule has 0 saturated carbocycles. The zero-order chi connectivity index (χ0) is 21.1. The highest BCUT2D eigenvalue weighted by Gasteiger charge is 2.14. The third-order valence-corrected chi connectivity index (χ3v) is 4.89. The van der Waals surface area contributed by atoms with Crippen LogP contribution in [0.25, 0.3) is 0 Å². The molecule has 0 fully saturated rings. The van der Waals surface area contributed by atoms with Gasteiger partial charge in [-0.3, -0.25) is 0 Å². The number of hydrogen-bond acceptors (Lipinski definition) is 3. The van der Waals surface area contributed by atoms with Gasteiger partial charge < -0.3 is 14.2 Å². The number of benzene rings is 4. The monoisotopic (exact) mass is 410 g/mol. The average molecular weight is 411 g/mol. The quantitative estimate of drug-likeness (QED) is 0.290. The van der Waals surface area contributed by atoms with Gasteiger partial charge in [-0.1, -0.05) is 84.9 Å². The lowest BCUT2D eigenvalue weighted by Gasteiger charge is -2.17. The molecule has 4 rings (SSSR count). The van der Waals surface area contributed by atoms with Gasteiger partial charge in [0.25, 0.3) is 0 Å². The lowest BCUT2D eigenvalue weighted by molar-refractivity contribution is 0.280. The fraction of sp³-hybridized carbons (Fsp3) is 0.143. The van der Waals surface area contributed by atoms with Crippen LogP contribution in [0.15, 0.2) is 109 Å². The summed E-state index contributed by atoms with van der Waals surface area (Å²) in [5.74, 6) is 2.71. The van der Waals surface area contributed by atoms with Crippen molar-refractivity contribution < 1.29 is 14.2 Å². The summed E-state index contributed by atoms with van der Waals surface area (Å²) in [6.07, 6.45) is 1.65. The zero-order valence-corrected chi connectivity index (χ0v) is 17.4. The van der Waals surface area contributed by atoms with Gasteiger partial charge in [0, 0.05) is 12.8 Å². The first-order valence-electron chi connectivity index (χ1n) is 10.6. The molecule has 31 heavy (non-hydrogen) atoms. The van der Waals surface area contributed by atoms with Gasteiger partial charge in [0.2, 0.25) is 5.75 Å². The lowest BCUT2D eigenvalue weighted by Crippen LogP contribution is -2.05. The second-order valence-electron chi connectivity index (χ2n) is 7.17. The van der Waals surface area contributed by atoms with Crippen LogP contribution in [0, 0.1) is 0 Å². The standard InChI is InChI=1S/C28H26O3/c1-4-11-23(12-5-1)19-21-29-26-17-10-18-27(28(26)31-25-15-8-3-9-16-25)30-22-20-24-13-6-2-7-14-24/h1-18H,19-22H2. The number of ether oxygens (including phenoxy) is 3. The highest BCUT2D eigenvalue weighted by molar-refractivity contribution is 5.53. The second-order valence-corrected chi connectivity index (χ2v) is 7.17. The molecule has 0 unspecified atom stereocenters. The number of para-hydroxylation sites is 2. The Hall–Kier alpha value is -3.72. The topological polar surface area (TPSA) is 27.7 Å². The van der Waals surface area contributed by atoms with Crippen molar-refractivity contribution in [3.8, 4) is 23.0 Å². The summed E-state index contributed by atoms with van der Waals surface area (Å²) in [6, 6.07) is 36.1. The fourth-order valence-electron chi connectivity index (χ4n) is 3.28. The van der Waals surface area contributed by atoms with E-state index in [1.165, 1.54) is 11.1 Å². The van der Waals surface area contributed by atoms with E-state index in [2.05, 4.69) is 24.3 Å². The summed E-state index contributed by atoms with van der Waals surface area (Å²) in [5, 5.41) is 0. The van der Waals surface area contributed by atoms with Crippen molar-refractivity contribution in [1.82, 2.24) is 0 Å². The Kier molecular flexibility index (Phi) is 7.22. The van der Waals surface area contributed by atoms with Crippen LogP contribution in [0.2, 0.25) is 0 Å². The van der Waals surface area contributed by atoms with Crippen LogP contribution in [-0.2, 0) is 12.8 Å². The molecule has 0 saturated heterocycles. The van der Waals surface area contributed by atoms with E-state index in [-0.39, 0.29) is 0 Å². The first-order valence-corrected chi connectivity index (χ1v) is 10.6. The van der Waals surface area contributed by atoms with Crippen molar-refractivity contribution in [2.45, 2.75) is 12.8 Å². The summed E-state index contributed by atoms with van der Waals surface area (Å²) >= 11 is 0. The molecule has 4 aromatic carbocycles. The molecule has 0 heterocycles. The van der Waals surface area contributed by atoms with Gasteiger partial charge in [-0.15, -0.1) is 0 Å². The largest absolute Gasteiger partial charge is 0.489 e. The molecule has 3 heteroatoms. The molecule has 0 aliphatic rings. The molecule has 0 atom stereocenters. The highest BCUT2D eigenvalue weighted by Crippen LogP contribution is 2.40. The first-order chi connectivity index (χ1) is 15.4. The van der Waals surface area contributed by atoms with E-state index in [0.29, 0.717) is 30.5 Å². The predicted molar refractivity (Wildman–Crippen MR) is 124 cm³/mol. The average Bonchev–Trinajstić information content (AvgIpc) is 2.83. The van der Waals surface area contributed by atoms with E-state index >= 15 is 0 Å². The molecule has 0 spiro atoms. The molecule has 0 aliphatic carbocycles. The molecule has 0 aromatic heterocycles. The number of rotatable bonds is 10. The Bertz CT molecular complexity index is 984. The van der Waals surface area contributed by atoms with Crippen molar-refractivity contribution in [2.24, 2.45) is 0 Å². The third kappa shape index (κ3) is 6.13. The van der Waals surface area contributed by atoms with Gasteiger partial charge in [-0.2, -0.15) is 0 Å². The van der Waals surface area contributed by atoms with E-state index in [0.717, 1.165) is 18.6 Å². The van der Waals surface area contributed by atoms with Crippen molar-refractivity contribution in [3.63, 3.8) is 0 Å². The fourth-order valence-corrected chi connectivity index (χ4v) is 3.28. The molecule has 156 valence electrons. The number of hydrogen-bond donors (Lipinski definition) is 0. The Morgan fingerprint density at radius 3 is 1.39 bits per heavy atom. The van der Waals surface area contributed by atoms with E-state index in [1.54, 1.807) is 0 Å². The van der Waals surface area contributed by atoms with Gasteiger partial charge in [-0.05, 0) is 35.4 Å². The Morgan fingerprint density at radius 2 is 0.903 bits per heavy atom. The van der Waals surface area contributed by atoms with E-state index in [4.69, 9.17) is 14.2 Å². The Morgan fingerprint density at radius 1 is 0.452 bits per heavy atom. The van der Waals surface area contributed by atoms with Gasteiger partial charge in [0.1, 0.15) is 5.75 Å². The molecule has 0 aliphatic heterocycles. The summed E-state index contributed by atoms with van der Waals surface area (Å²) in [7, 11) is 0. The van der Waals surface area contributed by atoms with Crippen LogP contribution in [-0.4, -0.2) is 13.2 Å². The van der Waals surface area contributed by atoms with Crippen molar-refractivity contribution in [1.29, 1.82) is 0 Å². The molecule has 0 N–H and O–H groups in total. The molecular weight excluding hydrogens is 384 g/mol. The minimum atomic E-state index is 0.558. The Labute approximate surface area is 183 Å². The maximum Gasteiger partial charge on any atom is 0.211 e. The SMILES string of the molecule is c1ccc(CCOc2cccc(OCCc3ccccc3)c2Oc2ccccc2)cc1. The summed E-state index contributed by atoms with van der Waals surface area (Å²) in [4.78, 5) is 0. The first kappa shape index (κ1) is 20.5. The van der Waals surface area contributed by atoms with Crippen molar-refractivity contribution >= 4 is 0 Å². The van der Waals surface area contributed by atoms with Crippen LogP contribution in [0.5, 0.6) is 23.0 Å². The minimum Gasteiger partial charge on any atom is -0.489 e. The van der Waals surface area contributed by atoms with Crippen LogP contribution in [0.4, 0.5) is 0 Å². The van der Waals surface area contributed by atoms with Gasteiger partial charge in [-0.25, -0.2) is 0 Å². The zero-order valence-electron chi connectivity index (χ0n) is 17.4. The molecule has 0 bridgehead atoms. The smallest absolute Gasteiger partial charge is 0.211 e. The maximum atomic E-state index is 6.20. The second kappa shape index (κ2) is 10.9.